The van der Waals surface area contributed by atoms with Crippen molar-refractivity contribution in [3.63, 3.8) is 0 Å². The Morgan fingerprint density at radius 2 is 2.06 bits per heavy atom. The highest BCUT2D eigenvalue weighted by molar-refractivity contribution is 5.27. The molecule has 0 radical (unpaired) electrons. The second-order valence-corrected chi connectivity index (χ2v) is 5.30. The van der Waals surface area contributed by atoms with Crippen LogP contribution >= 0.6 is 0 Å². The van der Waals surface area contributed by atoms with Crippen LogP contribution in [0.15, 0.2) is 24.3 Å². The van der Waals surface area contributed by atoms with Crippen LogP contribution in [0.5, 0.6) is 0 Å². The molecule has 0 bridgehead atoms. The first-order chi connectivity index (χ1) is 8.75. The van der Waals surface area contributed by atoms with Gasteiger partial charge in [0, 0.05) is 25.7 Å². The number of nitrogens with one attached hydrogen (secondary N) is 1. The predicted octanol–water partition coefficient (Wildman–Crippen LogP) is 2.02. The lowest BCUT2D eigenvalue weighted by Crippen LogP contribution is -2.36. The van der Waals surface area contributed by atoms with Crippen LogP contribution in [0.1, 0.15) is 24.0 Å². The van der Waals surface area contributed by atoms with E-state index in [0.717, 1.165) is 26.3 Å². The molecule has 0 saturated carbocycles. The summed E-state index contributed by atoms with van der Waals surface area (Å²) in [6.07, 6.45) is 2.41. The maximum atomic E-state index is 5.49. The number of nitrogens with zero attached hydrogens (tertiary/aromatic N) is 1. The molecule has 0 aliphatic carbocycles. The average Bonchev–Trinajstić information content (AvgIpc) is 2.38. The molecule has 0 amide bonds. The van der Waals surface area contributed by atoms with Crippen LogP contribution in [0.4, 0.5) is 0 Å². The van der Waals surface area contributed by atoms with Crippen molar-refractivity contribution in [2.75, 3.05) is 27.3 Å². The van der Waals surface area contributed by atoms with Gasteiger partial charge in [-0.1, -0.05) is 24.3 Å². The van der Waals surface area contributed by atoms with Gasteiger partial charge in [0.2, 0.25) is 0 Å². The van der Waals surface area contributed by atoms with Gasteiger partial charge in [-0.15, -0.1) is 0 Å². The molecule has 0 spiro atoms. The minimum absolute atomic E-state index is 0.520. The van der Waals surface area contributed by atoms with Gasteiger partial charge in [-0.3, -0.25) is 0 Å². The summed E-state index contributed by atoms with van der Waals surface area (Å²) in [5, 5.41) is 3.61. The van der Waals surface area contributed by atoms with Gasteiger partial charge in [0.1, 0.15) is 0 Å². The molecule has 3 nitrogen and oxygen atoms in total. The van der Waals surface area contributed by atoms with Crippen molar-refractivity contribution < 1.29 is 4.74 Å². The Kier molecular flexibility index (Phi) is 5.17. The number of hydrogen-bond acceptors (Lipinski definition) is 3. The molecule has 1 aliphatic heterocycles. The Morgan fingerprint density at radius 1 is 1.28 bits per heavy atom. The van der Waals surface area contributed by atoms with Crippen LogP contribution in [-0.2, 0) is 17.8 Å². The first-order valence-electron chi connectivity index (χ1n) is 6.78. The van der Waals surface area contributed by atoms with Gasteiger partial charge < -0.3 is 15.0 Å². The summed E-state index contributed by atoms with van der Waals surface area (Å²) in [5.74, 6) is 0. The molecule has 1 N–H and O–H groups in total. The van der Waals surface area contributed by atoms with E-state index in [4.69, 9.17) is 4.74 Å². The largest absolute Gasteiger partial charge is 0.380 e. The van der Waals surface area contributed by atoms with Crippen molar-refractivity contribution in [1.29, 1.82) is 0 Å². The zero-order valence-corrected chi connectivity index (χ0v) is 11.5. The smallest absolute Gasteiger partial charge is 0.0619 e. The first-order valence-corrected chi connectivity index (χ1v) is 6.78. The molecule has 1 unspecified atom stereocenters. The van der Waals surface area contributed by atoms with Gasteiger partial charge >= 0.3 is 0 Å². The molecule has 1 saturated heterocycles. The Morgan fingerprint density at radius 3 is 2.72 bits per heavy atom. The minimum Gasteiger partial charge on any atom is -0.380 e. The predicted molar refractivity (Wildman–Crippen MR) is 74.5 cm³/mol. The fourth-order valence-corrected chi connectivity index (χ4v) is 2.38. The molecular weight excluding hydrogens is 224 g/mol. The molecule has 2 rings (SSSR count). The molecule has 1 fully saturated rings. The van der Waals surface area contributed by atoms with E-state index in [9.17, 15) is 0 Å². The molecular formula is C15H24N2O. The van der Waals surface area contributed by atoms with Crippen molar-refractivity contribution in [2.24, 2.45) is 0 Å². The van der Waals surface area contributed by atoms with Crippen LogP contribution in [0, 0.1) is 0 Å². The van der Waals surface area contributed by atoms with Gasteiger partial charge in [-0.05, 0) is 38.1 Å². The molecule has 100 valence electrons. The standard InChI is InChI=1S/C15H24N2O/c1-17(2)11-14-7-4-3-6-13(14)10-16-15-8-5-9-18-12-15/h3-4,6-7,15-16H,5,8-12H2,1-2H3. The highest BCUT2D eigenvalue weighted by Crippen LogP contribution is 2.12. The molecule has 1 aromatic rings. The lowest BCUT2D eigenvalue weighted by Gasteiger charge is -2.24. The van der Waals surface area contributed by atoms with Crippen molar-refractivity contribution in [2.45, 2.75) is 32.0 Å². The van der Waals surface area contributed by atoms with Crippen molar-refractivity contribution in [3.8, 4) is 0 Å². The van der Waals surface area contributed by atoms with E-state index in [0.29, 0.717) is 6.04 Å². The Bertz CT molecular complexity index is 359. The lowest BCUT2D eigenvalue weighted by atomic mass is 10.1. The van der Waals surface area contributed by atoms with Gasteiger partial charge in [0.25, 0.3) is 0 Å². The zero-order chi connectivity index (χ0) is 12.8. The molecule has 18 heavy (non-hydrogen) atoms. The van der Waals surface area contributed by atoms with Crippen LogP contribution in [0.3, 0.4) is 0 Å². The third kappa shape index (κ3) is 4.09. The van der Waals surface area contributed by atoms with Crippen LogP contribution < -0.4 is 5.32 Å². The highest BCUT2D eigenvalue weighted by Gasteiger charge is 2.13. The van der Waals surface area contributed by atoms with E-state index in [1.807, 2.05) is 0 Å². The third-order valence-corrected chi connectivity index (χ3v) is 3.35. The molecule has 0 aromatic heterocycles. The maximum Gasteiger partial charge on any atom is 0.0619 e. The third-order valence-electron chi connectivity index (χ3n) is 3.35. The number of ether oxygens (including phenoxy) is 1. The van der Waals surface area contributed by atoms with E-state index in [-0.39, 0.29) is 0 Å². The minimum atomic E-state index is 0.520. The van der Waals surface area contributed by atoms with E-state index in [2.05, 4.69) is 48.6 Å². The van der Waals surface area contributed by atoms with Gasteiger partial charge in [0.15, 0.2) is 0 Å². The van der Waals surface area contributed by atoms with E-state index in [1.54, 1.807) is 0 Å². The van der Waals surface area contributed by atoms with Gasteiger partial charge in [-0.2, -0.15) is 0 Å². The monoisotopic (exact) mass is 248 g/mol. The molecule has 1 heterocycles. The molecule has 1 aromatic carbocycles. The Hall–Kier alpha value is -0.900. The van der Waals surface area contributed by atoms with E-state index >= 15 is 0 Å². The summed E-state index contributed by atoms with van der Waals surface area (Å²) in [6, 6.07) is 9.19. The second-order valence-electron chi connectivity index (χ2n) is 5.30. The fraction of sp³-hybridized carbons (Fsp3) is 0.600. The average molecular weight is 248 g/mol. The molecule has 1 atom stereocenters. The summed E-state index contributed by atoms with van der Waals surface area (Å²) in [4.78, 5) is 2.21. The second kappa shape index (κ2) is 6.88. The first kappa shape index (κ1) is 13.5. The molecule has 1 aliphatic rings. The summed E-state index contributed by atoms with van der Waals surface area (Å²) in [5.41, 5.74) is 2.81. The van der Waals surface area contributed by atoms with Crippen molar-refractivity contribution in [1.82, 2.24) is 10.2 Å². The Balaban J connectivity index is 1.91. The van der Waals surface area contributed by atoms with Gasteiger partial charge in [-0.25, -0.2) is 0 Å². The lowest BCUT2D eigenvalue weighted by molar-refractivity contribution is 0.0699. The summed E-state index contributed by atoms with van der Waals surface area (Å²) in [7, 11) is 4.22. The fourth-order valence-electron chi connectivity index (χ4n) is 2.38. The summed E-state index contributed by atoms with van der Waals surface area (Å²) in [6.45, 7) is 3.72. The van der Waals surface area contributed by atoms with E-state index in [1.165, 1.54) is 24.0 Å². The maximum absolute atomic E-state index is 5.49. The van der Waals surface area contributed by atoms with Crippen LogP contribution in [-0.4, -0.2) is 38.3 Å². The van der Waals surface area contributed by atoms with Crippen molar-refractivity contribution in [3.05, 3.63) is 35.4 Å². The Labute approximate surface area is 110 Å². The summed E-state index contributed by atoms with van der Waals surface area (Å²) < 4.78 is 5.49. The van der Waals surface area contributed by atoms with Crippen LogP contribution in [0.2, 0.25) is 0 Å². The van der Waals surface area contributed by atoms with E-state index < -0.39 is 0 Å². The highest BCUT2D eigenvalue weighted by atomic mass is 16.5. The number of benzene rings is 1. The SMILES string of the molecule is CN(C)Cc1ccccc1CNC1CCCOC1. The summed E-state index contributed by atoms with van der Waals surface area (Å²) >= 11 is 0. The number of hydrogen-bond donors (Lipinski definition) is 1. The van der Waals surface area contributed by atoms with Crippen LogP contribution in [0.25, 0.3) is 0 Å². The normalized spacial score (nSPS) is 20.3. The van der Waals surface area contributed by atoms with Gasteiger partial charge in [0.05, 0.1) is 6.61 Å². The van der Waals surface area contributed by atoms with Crippen molar-refractivity contribution >= 4 is 0 Å². The number of rotatable bonds is 5. The topological polar surface area (TPSA) is 24.5 Å². The quantitative estimate of drug-likeness (QED) is 0.863. The zero-order valence-electron chi connectivity index (χ0n) is 11.5. The molecule has 3 heteroatoms.